The molecular weight excluding hydrogens is 300 g/mol. The molecule has 0 spiro atoms. The van der Waals surface area contributed by atoms with Crippen molar-refractivity contribution in [3.63, 3.8) is 0 Å². The van der Waals surface area contributed by atoms with Crippen molar-refractivity contribution >= 4 is 27.5 Å². The number of benzene rings is 1. The van der Waals surface area contributed by atoms with Gasteiger partial charge >= 0.3 is 0 Å². The number of nitrogens with two attached hydrogens (primary N) is 1. The first-order valence-corrected chi connectivity index (χ1v) is 6.04. The summed E-state index contributed by atoms with van der Waals surface area (Å²) >= 11 is 3.29. The lowest BCUT2D eigenvalue weighted by Gasteiger charge is -2.05. The van der Waals surface area contributed by atoms with Gasteiger partial charge in [0.25, 0.3) is 5.91 Å². The van der Waals surface area contributed by atoms with Crippen LogP contribution in [0.1, 0.15) is 16.2 Å². The highest BCUT2D eigenvalue weighted by molar-refractivity contribution is 9.10. The Morgan fingerprint density at radius 3 is 2.94 bits per heavy atom. The Balaban J connectivity index is 1.91. The quantitative estimate of drug-likeness (QED) is 0.832. The summed E-state index contributed by atoms with van der Waals surface area (Å²) in [4.78, 5) is 15.7. The number of aromatic nitrogens is 2. The Kier molecular flexibility index (Phi) is 3.93. The van der Waals surface area contributed by atoms with Gasteiger partial charge in [-0.15, -0.1) is 0 Å². The topological polar surface area (TPSA) is 94.0 Å². The molecule has 0 aliphatic carbocycles. The first-order valence-electron chi connectivity index (χ1n) is 5.25. The lowest BCUT2D eigenvalue weighted by Crippen LogP contribution is -2.25. The summed E-state index contributed by atoms with van der Waals surface area (Å²) in [5.41, 5.74) is 6.70. The van der Waals surface area contributed by atoms with Gasteiger partial charge in [0.05, 0.1) is 0 Å². The first-order chi connectivity index (χ1) is 8.65. The molecule has 1 heterocycles. The number of hydrogen-bond donors (Lipinski definition) is 2. The molecule has 0 saturated heterocycles. The van der Waals surface area contributed by atoms with Crippen LogP contribution in [0.5, 0.6) is 0 Å². The van der Waals surface area contributed by atoms with Gasteiger partial charge in [-0.3, -0.25) is 4.79 Å². The molecule has 1 aromatic heterocycles. The monoisotopic (exact) mass is 310 g/mol. The average Bonchev–Trinajstić information content (AvgIpc) is 2.80. The third kappa shape index (κ3) is 3.30. The van der Waals surface area contributed by atoms with Crippen molar-refractivity contribution in [2.24, 2.45) is 0 Å². The third-order valence-corrected chi connectivity index (χ3v) is 2.67. The number of rotatable bonds is 4. The van der Waals surface area contributed by atoms with E-state index < -0.39 is 0 Å². The van der Waals surface area contributed by atoms with E-state index in [2.05, 4.69) is 31.4 Å². The second-order valence-corrected chi connectivity index (χ2v) is 4.53. The molecule has 0 bridgehead atoms. The van der Waals surface area contributed by atoms with Crippen molar-refractivity contribution in [2.75, 3.05) is 12.3 Å². The summed E-state index contributed by atoms with van der Waals surface area (Å²) in [6.07, 6.45) is 1.82. The van der Waals surface area contributed by atoms with Crippen LogP contribution in [0.25, 0.3) is 0 Å². The van der Waals surface area contributed by atoms with Gasteiger partial charge in [0.15, 0.2) is 6.33 Å². The van der Waals surface area contributed by atoms with E-state index in [0.717, 1.165) is 4.47 Å². The lowest BCUT2D eigenvalue weighted by atomic mass is 10.2. The first kappa shape index (κ1) is 12.6. The maximum atomic E-state index is 11.8. The van der Waals surface area contributed by atoms with Gasteiger partial charge in [-0.25, -0.2) is 0 Å². The zero-order chi connectivity index (χ0) is 13.0. The molecule has 0 atom stereocenters. The second kappa shape index (κ2) is 5.63. The molecule has 1 amide bonds. The molecule has 1 aromatic carbocycles. The van der Waals surface area contributed by atoms with Crippen LogP contribution < -0.4 is 11.1 Å². The van der Waals surface area contributed by atoms with Crippen LogP contribution in [0, 0.1) is 0 Å². The fraction of sp³-hybridized carbons (Fsp3) is 0.182. The van der Waals surface area contributed by atoms with E-state index in [4.69, 9.17) is 10.3 Å². The molecular formula is C11H11BrN4O2. The highest BCUT2D eigenvalue weighted by Gasteiger charge is 2.07. The minimum Gasteiger partial charge on any atom is -0.399 e. The van der Waals surface area contributed by atoms with Crippen molar-refractivity contribution in [3.05, 3.63) is 40.5 Å². The van der Waals surface area contributed by atoms with Crippen LogP contribution in [0.3, 0.4) is 0 Å². The van der Waals surface area contributed by atoms with E-state index in [1.54, 1.807) is 18.2 Å². The summed E-state index contributed by atoms with van der Waals surface area (Å²) in [5, 5.41) is 6.23. The second-order valence-electron chi connectivity index (χ2n) is 3.61. The molecule has 0 fully saturated rings. The molecule has 18 heavy (non-hydrogen) atoms. The van der Waals surface area contributed by atoms with Crippen LogP contribution >= 0.6 is 15.9 Å². The van der Waals surface area contributed by atoms with Crippen molar-refractivity contribution in [1.82, 2.24) is 15.5 Å². The number of carbonyl (C=O) groups excluding carboxylic acids is 1. The molecule has 3 N–H and O–H groups in total. The highest BCUT2D eigenvalue weighted by atomic mass is 79.9. The summed E-state index contributed by atoms with van der Waals surface area (Å²) in [6.45, 7) is 0.424. The number of halogens is 1. The molecule has 94 valence electrons. The Morgan fingerprint density at radius 2 is 2.28 bits per heavy atom. The third-order valence-electron chi connectivity index (χ3n) is 2.21. The van der Waals surface area contributed by atoms with E-state index in [-0.39, 0.29) is 5.91 Å². The van der Waals surface area contributed by atoms with Crippen molar-refractivity contribution < 1.29 is 9.32 Å². The summed E-state index contributed by atoms with van der Waals surface area (Å²) in [6, 6.07) is 5.06. The van der Waals surface area contributed by atoms with Crippen molar-refractivity contribution in [3.8, 4) is 0 Å². The summed E-state index contributed by atoms with van der Waals surface area (Å²) in [5.74, 6) is 0.298. The molecule has 6 nitrogen and oxygen atoms in total. The number of amides is 1. The molecule has 2 aromatic rings. The van der Waals surface area contributed by atoms with Gasteiger partial charge in [-0.1, -0.05) is 21.1 Å². The zero-order valence-corrected chi connectivity index (χ0v) is 11.0. The van der Waals surface area contributed by atoms with Gasteiger partial charge in [-0.05, 0) is 18.2 Å². The summed E-state index contributed by atoms with van der Waals surface area (Å²) in [7, 11) is 0. The molecule has 0 aliphatic heterocycles. The number of nitrogens with one attached hydrogen (secondary N) is 1. The van der Waals surface area contributed by atoms with E-state index in [1.165, 1.54) is 6.33 Å². The van der Waals surface area contributed by atoms with Gasteiger partial charge in [-0.2, -0.15) is 4.98 Å². The normalized spacial score (nSPS) is 10.3. The zero-order valence-electron chi connectivity index (χ0n) is 9.39. The Morgan fingerprint density at radius 1 is 1.44 bits per heavy atom. The number of nitrogen functional groups attached to an aromatic ring is 1. The number of hydrogen-bond acceptors (Lipinski definition) is 5. The van der Waals surface area contributed by atoms with Gasteiger partial charge < -0.3 is 15.6 Å². The van der Waals surface area contributed by atoms with Gasteiger partial charge in [0.2, 0.25) is 5.89 Å². The lowest BCUT2D eigenvalue weighted by molar-refractivity contribution is 0.0953. The predicted molar refractivity (Wildman–Crippen MR) is 68.9 cm³/mol. The van der Waals surface area contributed by atoms with Gasteiger partial charge in [0.1, 0.15) is 0 Å². The Labute approximate surface area is 112 Å². The molecule has 0 aliphatic rings. The van der Waals surface area contributed by atoms with E-state index in [1.807, 2.05) is 0 Å². The minimum atomic E-state index is -0.192. The van der Waals surface area contributed by atoms with Gasteiger partial charge in [0, 0.05) is 28.7 Å². The fourth-order valence-electron chi connectivity index (χ4n) is 1.43. The van der Waals surface area contributed by atoms with Crippen molar-refractivity contribution in [1.29, 1.82) is 0 Å². The number of nitrogens with zero attached hydrogens (tertiary/aromatic N) is 2. The van der Waals surface area contributed by atoms with Crippen LogP contribution in [-0.2, 0) is 6.42 Å². The minimum absolute atomic E-state index is 0.192. The largest absolute Gasteiger partial charge is 0.399 e. The standard InChI is InChI=1S/C11H11BrN4O2/c12-8-3-7(4-9(13)5-8)11(17)14-2-1-10-15-6-16-18-10/h3-6H,1-2,13H2,(H,14,17). The molecule has 0 radical (unpaired) electrons. The number of anilines is 1. The predicted octanol–water partition coefficient (Wildman–Crippen LogP) is 1.39. The smallest absolute Gasteiger partial charge is 0.251 e. The maximum absolute atomic E-state index is 11.8. The molecule has 0 unspecified atom stereocenters. The van der Waals surface area contributed by atoms with Crippen LogP contribution in [0.2, 0.25) is 0 Å². The molecule has 2 rings (SSSR count). The van der Waals surface area contributed by atoms with E-state index in [0.29, 0.717) is 30.1 Å². The molecule has 0 saturated carbocycles. The van der Waals surface area contributed by atoms with Crippen LogP contribution in [0.4, 0.5) is 5.69 Å². The Hall–Kier alpha value is -1.89. The van der Waals surface area contributed by atoms with Crippen molar-refractivity contribution in [2.45, 2.75) is 6.42 Å². The fourth-order valence-corrected chi connectivity index (χ4v) is 1.95. The summed E-state index contributed by atoms with van der Waals surface area (Å²) < 4.78 is 5.59. The SMILES string of the molecule is Nc1cc(Br)cc(C(=O)NCCc2ncno2)c1. The van der Waals surface area contributed by atoms with E-state index >= 15 is 0 Å². The Bertz CT molecular complexity index is 522. The van der Waals surface area contributed by atoms with Crippen LogP contribution in [0.15, 0.2) is 33.5 Å². The van der Waals surface area contributed by atoms with E-state index in [9.17, 15) is 4.79 Å². The van der Waals surface area contributed by atoms with Crippen LogP contribution in [-0.4, -0.2) is 22.6 Å². The molecule has 7 heteroatoms. The maximum Gasteiger partial charge on any atom is 0.251 e. The highest BCUT2D eigenvalue weighted by Crippen LogP contribution is 2.17. The average molecular weight is 311 g/mol. The number of carbonyl (C=O) groups is 1.